The van der Waals surface area contributed by atoms with Gasteiger partial charge >= 0.3 is 6.03 Å². The van der Waals surface area contributed by atoms with Gasteiger partial charge in [0.05, 0.1) is 12.8 Å². The molecule has 35 heavy (non-hydrogen) atoms. The number of carbonyl (C=O) groups is 3. The van der Waals surface area contributed by atoms with Gasteiger partial charge in [-0.2, -0.15) is 0 Å². The van der Waals surface area contributed by atoms with Gasteiger partial charge in [0.25, 0.3) is 11.8 Å². The molecule has 3 aromatic rings. The Morgan fingerprint density at radius 2 is 1.77 bits per heavy atom. The molecule has 1 heterocycles. The van der Waals surface area contributed by atoms with Gasteiger partial charge in [-0.3, -0.25) is 14.9 Å². The van der Waals surface area contributed by atoms with E-state index in [1.165, 1.54) is 19.3 Å². The molecule has 8 heteroatoms. The van der Waals surface area contributed by atoms with Gasteiger partial charge in [-0.1, -0.05) is 30.3 Å². The first kappa shape index (κ1) is 23.7. The normalized spacial score (nSPS) is 14.8. The first-order valence-corrected chi connectivity index (χ1v) is 10.8. The molecular formula is C27H23FN2O5. The number of nitrogens with zero attached hydrogens (tertiary/aromatic N) is 1. The van der Waals surface area contributed by atoms with Gasteiger partial charge in [0.1, 0.15) is 29.5 Å². The van der Waals surface area contributed by atoms with Crippen molar-refractivity contribution < 1.29 is 28.2 Å². The van der Waals surface area contributed by atoms with Gasteiger partial charge in [-0.15, -0.1) is 0 Å². The third-order valence-electron chi connectivity index (χ3n) is 5.57. The van der Waals surface area contributed by atoms with Crippen LogP contribution in [0.5, 0.6) is 11.5 Å². The topological polar surface area (TPSA) is 84.9 Å². The van der Waals surface area contributed by atoms with Crippen LogP contribution >= 0.6 is 0 Å². The predicted octanol–water partition coefficient (Wildman–Crippen LogP) is 4.70. The van der Waals surface area contributed by atoms with E-state index >= 15 is 0 Å². The second-order valence-corrected chi connectivity index (χ2v) is 8.03. The maximum atomic E-state index is 14.1. The zero-order valence-electron chi connectivity index (χ0n) is 19.4. The molecule has 1 N–H and O–H groups in total. The van der Waals surface area contributed by atoms with Crippen molar-refractivity contribution in [2.45, 2.75) is 20.5 Å². The fraction of sp³-hybridized carbons (Fsp3) is 0.148. The first-order valence-electron chi connectivity index (χ1n) is 10.8. The Labute approximate surface area is 201 Å². The summed E-state index contributed by atoms with van der Waals surface area (Å²) < 4.78 is 25.2. The third kappa shape index (κ3) is 4.91. The minimum absolute atomic E-state index is 0.0801. The summed E-state index contributed by atoms with van der Waals surface area (Å²) in [5.41, 5.74) is 2.42. The number of hydrogen-bond acceptors (Lipinski definition) is 5. The molecule has 0 aromatic heterocycles. The van der Waals surface area contributed by atoms with Crippen LogP contribution < -0.4 is 19.7 Å². The van der Waals surface area contributed by atoms with Crippen molar-refractivity contribution >= 4 is 29.6 Å². The second-order valence-electron chi connectivity index (χ2n) is 8.03. The van der Waals surface area contributed by atoms with Gasteiger partial charge < -0.3 is 9.47 Å². The molecule has 1 saturated heterocycles. The summed E-state index contributed by atoms with van der Waals surface area (Å²) in [7, 11) is 1.49. The van der Waals surface area contributed by atoms with E-state index in [2.05, 4.69) is 5.32 Å². The molecule has 0 saturated carbocycles. The van der Waals surface area contributed by atoms with Crippen LogP contribution in [-0.2, 0) is 16.2 Å². The highest BCUT2D eigenvalue weighted by atomic mass is 19.1. The van der Waals surface area contributed by atoms with Crippen LogP contribution in [0, 0.1) is 19.7 Å². The minimum atomic E-state index is -0.823. The van der Waals surface area contributed by atoms with Gasteiger partial charge in [0.15, 0.2) is 0 Å². The number of methoxy groups -OCH3 is 1. The number of ether oxygens (including phenoxy) is 2. The van der Waals surface area contributed by atoms with Gasteiger partial charge in [-0.05, 0) is 55.3 Å². The van der Waals surface area contributed by atoms with Gasteiger partial charge in [0.2, 0.25) is 0 Å². The Bertz CT molecular complexity index is 1370. The Morgan fingerprint density at radius 1 is 1.00 bits per heavy atom. The van der Waals surface area contributed by atoms with E-state index in [1.807, 2.05) is 13.0 Å². The molecular weight excluding hydrogens is 451 g/mol. The number of halogens is 1. The smallest absolute Gasteiger partial charge is 0.335 e. The lowest BCUT2D eigenvalue weighted by Crippen LogP contribution is -2.54. The Kier molecular flexibility index (Phi) is 6.64. The molecule has 0 bridgehead atoms. The minimum Gasteiger partial charge on any atom is -0.497 e. The fourth-order valence-electron chi connectivity index (χ4n) is 3.65. The average molecular weight is 474 g/mol. The van der Waals surface area contributed by atoms with E-state index in [4.69, 9.17) is 9.47 Å². The van der Waals surface area contributed by atoms with Crippen LogP contribution in [0.4, 0.5) is 14.9 Å². The van der Waals surface area contributed by atoms with Crippen molar-refractivity contribution in [2.24, 2.45) is 0 Å². The molecule has 1 aliphatic rings. The molecule has 4 amide bonds. The van der Waals surface area contributed by atoms with Crippen molar-refractivity contribution in [1.82, 2.24) is 5.32 Å². The second kappa shape index (κ2) is 9.80. The Balaban J connectivity index is 1.72. The molecule has 4 rings (SSSR count). The summed E-state index contributed by atoms with van der Waals surface area (Å²) in [6.45, 7) is 3.53. The number of anilines is 1. The van der Waals surface area contributed by atoms with E-state index in [1.54, 1.807) is 55.5 Å². The van der Waals surface area contributed by atoms with Crippen LogP contribution in [0.25, 0.3) is 6.08 Å². The van der Waals surface area contributed by atoms with E-state index in [-0.39, 0.29) is 17.9 Å². The first-order chi connectivity index (χ1) is 16.8. The highest BCUT2D eigenvalue weighted by Gasteiger charge is 2.37. The Hall–Kier alpha value is -4.46. The number of rotatable bonds is 6. The molecule has 3 aromatic carbocycles. The van der Waals surface area contributed by atoms with Crippen molar-refractivity contribution in [1.29, 1.82) is 0 Å². The number of nitrogens with one attached hydrogen (secondary N) is 1. The quantitative estimate of drug-likeness (QED) is 0.414. The van der Waals surface area contributed by atoms with Gasteiger partial charge in [-0.25, -0.2) is 14.1 Å². The lowest BCUT2D eigenvalue weighted by atomic mass is 10.0. The van der Waals surface area contributed by atoms with Crippen molar-refractivity contribution in [3.8, 4) is 11.5 Å². The van der Waals surface area contributed by atoms with E-state index in [9.17, 15) is 18.8 Å². The standard InChI is InChI=1S/C27H23FN2O5/c1-16-8-9-17(2)23(12-16)30-26(32)21(25(31)29-27(30)33)13-18-10-11-20(34-3)14-24(18)35-15-19-6-4-5-7-22(19)28/h4-14H,15H2,1-3H3,(H,29,31,33)/b21-13+. The van der Waals surface area contributed by atoms with E-state index in [0.29, 0.717) is 28.1 Å². The lowest BCUT2D eigenvalue weighted by Gasteiger charge is -2.28. The SMILES string of the molecule is COc1ccc(/C=C2\C(=O)NC(=O)N(c3cc(C)ccc3C)C2=O)c(OCc2ccccc2F)c1. The number of barbiturate groups is 1. The largest absolute Gasteiger partial charge is 0.497 e. The number of urea groups is 1. The maximum absolute atomic E-state index is 14.1. The summed E-state index contributed by atoms with van der Waals surface area (Å²) in [5.74, 6) is -1.25. The number of imide groups is 2. The lowest BCUT2D eigenvalue weighted by molar-refractivity contribution is -0.122. The summed E-state index contributed by atoms with van der Waals surface area (Å²) in [5, 5.41) is 2.23. The van der Waals surface area contributed by atoms with Crippen molar-refractivity contribution in [3.05, 3.63) is 94.3 Å². The molecule has 0 atom stereocenters. The fourth-order valence-corrected chi connectivity index (χ4v) is 3.65. The summed E-state index contributed by atoms with van der Waals surface area (Å²) in [4.78, 5) is 39.5. The van der Waals surface area contributed by atoms with Crippen LogP contribution in [0.1, 0.15) is 22.3 Å². The summed E-state index contributed by atoms with van der Waals surface area (Å²) in [6.07, 6.45) is 1.35. The predicted molar refractivity (Wildman–Crippen MR) is 129 cm³/mol. The van der Waals surface area contributed by atoms with Crippen LogP contribution in [-0.4, -0.2) is 25.0 Å². The highest BCUT2D eigenvalue weighted by Crippen LogP contribution is 2.30. The van der Waals surface area contributed by atoms with Crippen LogP contribution in [0.2, 0.25) is 0 Å². The zero-order chi connectivity index (χ0) is 25.1. The molecule has 0 unspecified atom stereocenters. The summed E-state index contributed by atoms with van der Waals surface area (Å²) >= 11 is 0. The Morgan fingerprint density at radius 3 is 2.51 bits per heavy atom. The number of amides is 4. The molecule has 178 valence electrons. The number of carbonyl (C=O) groups excluding carboxylic acids is 3. The van der Waals surface area contributed by atoms with E-state index in [0.717, 1.165) is 10.5 Å². The van der Waals surface area contributed by atoms with Gasteiger partial charge in [0, 0.05) is 17.2 Å². The molecule has 0 spiro atoms. The third-order valence-corrected chi connectivity index (χ3v) is 5.57. The molecule has 1 fully saturated rings. The number of benzene rings is 3. The van der Waals surface area contributed by atoms with Crippen molar-refractivity contribution in [3.63, 3.8) is 0 Å². The number of aryl methyl sites for hydroxylation is 2. The molecule has 7 nitrogen and oxygen atoms in total. The zero-order valence-corrected chi connectivity index (χ0v) is 19.4. The van der Waals surface area contributed by atoms with Crippen molar-refractivity contribution in [2.75, 3.05) is 12.0 Å². The molecule has 0 aliphatic carbocycles. The monoisotopic (exact) mass is 474 g/mol. The van der Waals surface area contributed by atoms with Crippen LogP contribution in [0.3, 0.4) is 0 Å². The maximum Gasteiger partial charge on any atom is 0.335 e. The summed E-state index contributed by atoms with van der Waals surface area (Å²) in [6, 6.07) is 15.6. The molecule has 1 aliphatic heterocycles. The average Bonchev–Trinajstić information content (AvgIpc) is 2.83. The van der Waals surface area contributed by atoms with E-state index < -0.39 is 23.7 Å². The highest BCUT2D eigenvalue weighted by molar-refractivity contribution is 6.39. The number of hydrogen-bond donors (Lipinski definition) is 1. The van der Waals surface area contributed by atoms with Crippen LogP contribution in [0.15, 0.2) is 66.2 Å². The molecule has 0 radical (unpaired) electrons.